The predicted molar refractivity (Wildman–Crippen MR) is 33.5 cm³/mol. The van der Waals surface area contributed by atoms with Gasteiger partial charge in [0.15, 0.2) is 0 Å². The highest BCUT2D eigenvalue weighted by Gasteiger charge is 2.52. The molecule has 1 heteroatoms. The lowest BCUT2D eigenvalue weighted by atomic mass is 10.1. The van der Waals surface area contributed by atoms with Gasteiger partial charge < -0.3 is 5.73 Å². The second-order valence-corrected chi connectivity index (χ2v) is 3.38. The van der Waals surface area contributed by atoms with E-state index in [9.17, 15) is 0 Å². The van der Waals surface area contributed by atoms with Gasteiger partial charge in [-0.3, -0.25) is 0 Å². The highest BCUT2D eigenvalue weighted by molar-refractivity contribution is 5.07. The second kappa shape index (κ2) is 1.27. The zero-order valence-electron chi connectivity index (χ0n) is 5.19. The van der Waals surface area contributed by atoms with E-state index < -0.39 is 0 Å². The molecule has 8 heavy (non-hydrogen) atoms. The fraction of sp³-hybridized carbons (Fsp3) is 1.00. The minimum absolute atomic E-state index is 0.588. The molecule has 0 aromatic rings. The molecule has 2 aliphatic rings. The molecule has 1 spiro atoms. The van der Waals surface area contributed by atoms with E-state index in [-0.39, 0.29) is 0 Å². The Hall–Kier alpha value is -0.0400. The van der Waals surface area contributed by atoms with Crippen LogP contribution in [0.15, 0.2) is 0 Å². The van der Waals surface area contributed by atoms with Crippen molar-refractivity contribution in [3.8, 4) is 0 Å². The lowest BCUT2D eigenvalue weighted by Crippen LogP contribution is -2.09. The predicted octanol–water partition coefficient (Wildman–Crippen LogP) is 1.28. The van der Waals surface area contributed by atoms with Crippen molar-refractivity contribution in [3.63, 3.8) is 0 Å². The summed E-state index contributed by atoms with van der Waals surface area (Å²) in [6.45, 7) is 0. The summed E-state index contributed by atoms with van der Waals surface area (Å²) in [5.74, 6) is 0. The molecular weight excluding hydrogens is 98.1 g/mol. The van der Waals surface area contributed by atoms with Gasteiger partial charge in [-0.2, -0.15) is 0 Å². The molecule has 1 atom stereocenters. The quantitative estimate of drug-likeness (QED) is 0.500. The molecule has 0 bridgehead atoms. The standard InChI is InChI=1S/C7H13N/c8-6-5-7(6)3-1-2-4-7/h6H,1-5,8H2/t6-/m1/s1. The molecule has 1 nitrogen and oxygen atoms in total. The summed E-state index contributed by atoms with van der Waals surface area (Å²) in [6, 6.07) is 0.588. The van der Waals surface area contributed by atoms with E-state index >= 15 is 0 Å². The number of hydrogen-bond donors (Lipinski definition) is 1. The van der Waals surface area contributed by atoms with E-state index in [0.29, 0.717) is 11.5 Å². The highest BCUT2D eigenvalue weighted by Crippen LogP contribution is 2.56. The first-order chi connectivity index (χ1) is 3.83. The van der Waals surface area contributed by atoms with Gasteiger partial charge >= 0.3 is 0 Å². The van der Waals surface area contributed by atoms with Gasteiger partial charge in [0.25, 0.3) is 0 Å². The third-order valence-corrected chi connectivity index (χ3v) is 2.85. The molecule has 46 valence electrons. The topological polar surface area (TPSA) is 26.0 Å². The van der Waals surface area contributed by atoms with Crippen molar-refractivity contribution in [2.24, 2.45) is 11.1 Å². The zero-order valence-corrected chi connectivity index (χ0v) is 5.19. The molecule has 2 aliphatic carbocycles. The first-order valence-corrected chi connectivity index (χ1v) is 3.59. The number of rotatable bonds is 0. The van der Waals surface area contributed by atoms with Crippen molar-refractivity contribution in [2.45, 2.75) is 38.1 Å². The van der Waals surface area contributed by atoms with Crippen molar-refractivity contribution in [2.75, 3.05) is 0 Å². The van der Waals surface area contributed by atoms with Crippen LogP contribution in [0.3, 0.4) is 0 Å². The Morgan fingerprint density at radius 1 is 1.25 bits per heavy atom. The van der Waals surface area contributed by atoms with Gasteiger partial charge in [-0.1, -0.05) is 12.8 Å². The third-order valence-electron chi connectivity index (χ3n) is 2.85. The minimum Gasteiger partial charge on any atom is -0.327 e. The molecule has 0 amide bonds. The SMILES string of the molecule is N[C@@H]1CC12CCCC2. The van der Waals surface area contributed by atoms with Crippen LogP contribution in [-0.4, -0.2) is 6.04 Å². The summed E-state index contributed by atoms with van der Waals surface area (Å²) in [4.78, 5) is 0. The van der Waals surface area contributed by atoms with Crippen LogP contribution >= 0.6 is 0 Å². The van der Waals surface area contributed by atoms with E-state index in [4.69, 9.17) is 5.73 Å². The molecule has 2 saturated carbocycles. The van der Waals surface area contributed by atoms with E-state index in [2.05, 4.69) is 0 Å². The van der Waals surface area contributed by atoms with Crippen molar-refractivity contribution in [3.05, 3.63) is 0 Å². The van der Waals surface area contributed by atoms with Crippen LogP contribution in [0.4, 0.5) is 0 Å². The molecule has 0 aliphatic heterocycles. The lowest BCUT2D eigenvalue weighted by molar-refractivity contribution is 0.511. The van der Waals surface area contributed by atoms with Gasteiger partial charge in [0, 0.05) is 6.04 Å². The van der Waals surface area contributed by atoms with Crippen molar-refractivity contribution in [1.82, 2.24) is 0 Å². The average Bonchev–Trinajstić information content (AvgIpc) is 2.29. The second-order valence-electron chi connectivity index (χ2n) is 3.38. The molecular formula is C7H13N. The zero-order chi connectivity index (χ0) is 5.61. The molecule has 0 saturated heterocycles. The van der Waals surface area contributed by atoms with Crippen LogP contribution < -0.4 is 5.73 Å². The van der Waals surface area contributed by atoms with Gasteiger partial charge in [-0.15, -0.1) is 0 Å². The fourth-order valence-electron chi connectivity index (χ4n) is 2.03. The summed E-state index contributed by atoms with van der Waals surface area (Å²) in [7, 11) is 0. The molecule has 0 unspecified atom stereocenters. The summed E-state index contributed by atoms with van der Waals surface area (Å²) in [6.07, 6.45) is 7.05. The first-order valence-electron chi connectivity index (χ1n) is 3.59. The maximum atomic E-state index is 5.76. The Morgan fingerprint density at radius 3 is 2.00 bits per heavy atom. The lowest BCUT2D eigenvalue weighted by Gasteiger charge is -2.01. The maximum Gasteiger partial charge on any atom is 0.0102 e. The molecule has 2 fully saturated rings. The summed E-state index contributed by atoms with van der Waals surface area (Å²) < 4.78 is 0. The smallest absolute Gasteiger partial charge is 0.0102 e. The normalized spacial score (nSPS) is 40.9. The van der Waals surface area contributed by atoms with Crippen LogP contribution in [0.1, 0.15) is 32.1 Å². The van der Waals surface area contributed by atoms with Crippen LogP contribution in [0, 0.1) is 5.41 Å². The maximum absolute atomic E-state index is 5.76. The van der Waals surface area contributed by atoms with Crippen LogP contribution in [0.2, 0.25) is 0 Å². The Morgan fingerprint density at radius 2 is 1.75 bits per heavy atom. The van der Waals surface area contributed by atoms with Gasteiger partial charge in [-0.25, -0.2) is 0 Å². The van der Waals surface area contributed by atoms with Gasteiger partial charge in [0.05, 0.1) is 0 Å². The minimum atomic E-state index is 0.588. The van der Waals surface area contributed by atoms with E-state index in [1.54, 1.807) is 0 Å². The van der Waals surface area contributed by atoms with Crippen molar-refractivity contribution < 1.29 is 0 Å². The van der Waals surface area contributed by atoms with Crippen LogP contribution in [0.5, 0.6) is 0 Å². The Bertz CT molecular complexity index is 103. The largest absolute Gasteiger partial charge is 0.327 e. The average molecular weight is 111 g/mol. The highest BCUT2D eigenvalue weighted by atomic mass is 14.8. The monoisotopic (exact) mass is 111 g/mol. The Labute approximate surface area is 50.3 Å². The summed E-state index contributed by atoms with van der Waals surface area (Å²) >= 11 is 0. The van der Waals surface area contributed by atoms with Crippen molar-refractivity contribution >= 4 is 0 Å². The van der Waals surface area contributed by atoms with E-state index in [1.165, 1.54) is 32.1 Å². The molecule has 0 aromatic carbocycles. The summed E-state index contributed by atoms with van der Waals surface area (Å²) in [5, 5.41) is 0. The Balaban J connectivity index is 2.06. The van der Waals surface area contributed by atoms with Crippen molar-refractivity contribution in [1.29, 1.82) is 0 Å². The van der Waals surface area contributed by atoms with E-state index in [1.807, 2.05) is 0 Å². The molecule has 2 rings (SSSR count). The first kappa shape index (κ1) is 4.80. The summed E-state index contributed by atoms with van der Waals surface area (Å²) in [5.41, 5.74) is 6.44. The Kier molecular flexibility index (Phi) is 0.762. The van der Waals surface area contributed by atoms with E-state index in [0.717, 1.165) is 0 Å². The molecule has 2 N–H and O–H groups in total. The molecule has 0 radical (unpaired) electrons. The third kappa shape index (κ3) is 0.455. The van der Waals surface area contributed by atoms with Gasteiger partial charge in [-0.05, 0) is 24.7 Å². The number of hydrogen-bond acceptors (Lipinski definition) is 1. The van der Waals surface area contributed by atoms with Crippen LogP contribution in [0.25, 0.3) is 0 Å². The number of nitrogens with two attached hydrogens (primary N) is 1. The van der Waals surface area contributed by atoms with Crippen LogP contribution in [-0.2, 0) is 0 Å². The van der Waals surface area contributed by atoms with Gasteiger partial charge in [0.2, 0.25) is 0 Å². The molecule has 0 heterocycles. The van der Waals surface area contributed by atoms with Gasteiger partial charge in [0.1, 0.15) is 0 Å². The molecule has 0 aromatic heterocycles. The fourth-order valence-corrected chi connectivity index (χ4v) is 2.03.